The van der Waals surface area contributed by atoms with Crippen molar-refractivity contribution in [2.75, 3.05) is 40.0 Å². The lowest BCUT2D eigenvalue weighted by Crippen LogP contribution is -2.40. The number of benzene rings is 3. The van der Waals surface area contributed by atoms with Gasteiger partial charge in [0.15, 0.2) is 0 Å². The Balaban J connectivity index is 0.977. The number of carbonyl (C=O) groups is 1. The van der Waals surface area contributed by atoms with Crippen molar-refractivity contribution in [3.63, 3.8) is 0 Å². The molecule has 2 N–H and O–H groups in total. The van der Waals surface area contributed by atoms with Gasteiger partial charge in [-0.05, 0) is 73.7 Å². The molecule has 3 aromatic carbocycles. The number of fused-ring (bicyclic) bond motifs is 1. The Morgan fingerprint density at radius 2 is 1.85 bits per heavy atom. The van der Waals surface area contributed by atoms with Crippen molar-refractivity contribution in [3.8, 4) is 11.5 Å². The van der Waals surface area contributed by atoms with Crippen LogP contribution in [0.2, 0.25) is 0 Å². The largest absolute Gasteiger partial charge is 0.496 e. The summed E-state index contributed by atoms with van der Waals surface area (Å²) >= 11 is 0. The highest BCUT2D eigenvalue weighted by Crippen LogP contribution is 2.31. The second kappa shape index (κ2) is 15.6. The van der Waals surface area contributed by atoms with Gasteiger partial charge >= 0.3 is 0 Å². The third kappa shape index (κ3) is 8.29. The second-order valence-corrected chi connectivity index (χ2v) is 12.5. The first kappa shape index (κ1) is 32.1. The SMILES string of the molecule is COc1ccccc1COCCCOc1ccc(C2CCNCC2OCc2ccc3c(C)cn(CCNC(=O)C4CC4)c3c2)cc1. The number of piperidine rings is 1. The Morgan fingerprint density at radius 3 is 2.67 bits per heavy atom. The maximum atomic E-state index is 12.1. The van der Waals surface area contributed by atoms with E-state index in [1.165, 1.54) is 22.0 Å². The zero-order valence-electron chi connectivity index (χ0n) is 27.1. The molecule has 2 unspecified atom stereocenters. The van der Waals surface area contributed by atoms with E-state index in [1.54, 1.807) is 7.11 Å². The van der Waals surface area contributed by atoms with Crippen LogP contribution in [0, 0.1) is 12.8 Å². The number of aryl methyl sites for hydroxylation is 1. The lowest BCUT2D eigenvalue weighted by Gasteiger charge is -2.32. The molecule has 1 saturated heterocycles. The van der Waals surface area contributed by atoms with E-state index < -0.39 is 0 Å². The minimum Gasteiger partial charge on any atom is -0.496 e. The monoisotopic (exact) mass is 625 g/mol. The molecule has 1 aliphatic carbocycles. The quantitative estimate of drug-likeness (QED) is 0.146. The predicted octanol–water partition coefficient (Wildman–Crippen LogP) is 6.13. The molecule has 1 saturated carbocycles. The molecule has 0 bridgehead atoms. The molecule has 0 radical (unpaired) electrons. The number of carbonyl (C=O) groups excluding carboxylic acids is 1. The van der Waals surface area contributed by atoms with Crippen LogP contribution in [-0.2, 0) is 34.0 Å². The van der Waals surface area contributed by atoms with E-state index in [0.29, 0.717) is 38.9 Å². The van der Waals surface area contributed by atoms with Gasteiger partial charge in [0.1, 0.15) is 11.5 Å². The summed E-state index contributed by atoms with van der Waals surface area (Å²) in [5.74, 6) is 2.48. The van der Waals surface area contributed by atoms with Gasteiger partial charge in [-0.15, -0.1) is 0 Å². The number of aromatic nitrogens is 1. The van der Waals surface area contributed by atoms with Crippen LogP contribution in [0.1, 0.15) is 53.9 Å². The third-order valence-electron chi connectivity index (χ3n) is 9.10. The zero-order chi connectivity index (χ0) is 31.7. The maximum Gasteiger partial charge on any atom is 0.223 e. The Morgan fingerprint density at radius 1 is 1.00 bits per heavy atom. The molecule has 4 aromatic rings. The highest BCUT2D eigenvalue weighted by Gasteiger charge is 2.29. The van der Waals surface area contributed by atoms with Crippen molar-refractivity contribution in [2.24, 2.45) is 5.92 Å². The molecule has 8 heteroatoms. The molecular formula is C38H47N3O5. The molecule has 1 aliphatic heterocycles. The molecule has 8 nitrogen and oxygen atoms in total. The number of rotatable bonds is 16. The smallest absolute Gasteiger partial charge is 0.223 e. The highest BCUT2D eigenvalue weighted by molar-refractivity contribution is 5.84. The van der Waals surface area contributed by atoms with Crippen LogP contribution in [-0.4, -0.2) is 56.5 Å². The van der Waals surface area contributed by atoms with Gasteiger partial charge in [0.25, 0.3) is 0 Å². The molecule has 6 rings (SSSR count). The van der Waals surface area contributed by atoms with E-state index in [2.05, 4.69) is 70.8 Å². The van der Waals surface area contributed by atoms with E-state index in [1.807, 2.05) is 24.3 Å². The summed E-state index contributed by atoms with van der Waals surface area (Å²) in [5.41, 5.74) is 5.93. The predicted molar refractivity (Wildman–Crippen MR) is 180 cm³/mol. The first-order chi connectivity index (χ1) is 22.6. The summed E-state index contributed by atoms with van der Waals surface area (Å²) < 4.78 is 26.1. The maximum absolute atomic E-state index is 12.1. The summed E-state index contributed by atoms with van der Waals surface area (Å²) in [4.78, 5) is 12.1. The molecule has 1 aromatic heterocycles. The summed E-state index contributed by atoms with van der Waals surface area (Å²) in [5, 5.41) is 7.86. The summed E-state index contributed by atoms with van der Waals surface area (Å²) in [7, 11) is 1.68. The first-order valence-electron chi connectivity index (χ1n) is 16.7. The summed E-state index contributed by atoms with van der Waals surface area (Å²) in [6, 6.07) is 23.1. The summed E-state index contributed by atoms with van der Waals surface area (Å²) in [6.45, 7) is 7.68. The highest BCUT2D eigenvalue weighted by atomic mass is 16.5. The summed E-state index contributed by atoms with van der Waals surface area (Å²) in [6.07, 6.45) is 6.17. The molecule has 2 heterocycles. The molecule has 2 atom stereocenters. The fraction of sp³-hybridized carbons (Fsp3) is 0.447. The molecule has 1 amide bonds. The lowest BCUT2D eigenvalue weighted by molar-refractivity contribution is -0.122. The van der Waals surface area contributed by atoms with Crippen LogP contribution < -0.4 is 20.1 Å². The Hall–Kier alpha value is -3.85. The Bertz CT molecular complexity index is 1580. The van der Waals surface area contributed by atoms with E-state index in [-0.39, 0.29) is 17.9 Å². The van der Waals surface area contributed by atoms with Gasteiger partial charge in [0.05, 0.1) is 39.6 Å². The van der Waals surface area contributed by atoms with Crippen LogP contribution in [0.25, 0.3) is 10.9 Å². The first-order valence-corrected chi connectivity index (χ1v) is 16.7. The molecule has 46 heavy (non-hydrogen) atoms. The number of nitrogens with one attached hydrogen (secondary N) is 2. The number of hydrogen-bond acceptors (Lipinski definition) is 6. The number of nitrogens with zero attached hydrogens (tertiary/aromatic N) is 1. The average molecular weight is 626 g/mol. The molecule has 0 spiro atoms. The van der Waals surface area contributed by atoms with Crippen molar-refractivity contribution < 1.29 is 23.7 Å². The Kier molecular flexibility index (Phi) is 10.9. The number of methoxy groups -OCH3 is 1. The van der Waals surface area contributed by atoms with E-state index >= 15 is 0 Å². The van der Waals surface area contributed by atoms with Crippen molar-refractivity contribution in [1.82, 2.24) is 15.2 Å². The van der Waals surface area contributed by atoms with Gasteiger partial charge in [-0.2, -0.15) is 0 Å². The topological polar surface area (TPSA) is 83.0 Å². The number of hydrogen-bond donors (Lipinski definition) is 2. The lowest BCUT2D eigenvalue weighted by atomic mass is 9.87. The molecule has 2 fully saturated rings. The van der Waals surface area contributed by atoms with Crippen LogP contribution >= 0.6 is 0 Å². The van der Waals surface area contributed by atoms with Gasteiger partial charge in [0, 0.05) is 60.6 Å². The van der Waals surface area contributed by atoms with Crippen molar-refractivity contribution in [2.45, 2.75) is 64.4 Å². The van der Waals surface area contributed by atoms with Crippen LogP contribution in [0.3, 0.4) is 0 Å². The van der Waals surface area contributed by atoms with E-state index in [0.717, 1.165) is 67.9 Å². The van der Waals surface area contributed by atoms with Crippen LogP contribution in [0.4, 0.5) is 0 Å². The number of ether oxygens (including phenoxy) is 4. The third-order valence-corrected chi connectivity index (χ3v) is 9.10. The minimum atomic E-state index is 0.0859. The molecular weight excluding hydrogens is 578 g/mol. The Labute approximate surface area is 272 Å². The minimum absolute atomic E-state index is 0.0859. The zero-order valence-corrected chi connectivity index (χ0v) is 27.1. The van der Waals surface area contributed by atoms with Crippen LogP contribution in [0.5, 0.6) is 11.5 Å². The second-order valence-electron chi connectivity index (χ2n) is 12.5. The molecule has 2 aliphatic rings. The van der Waals surface area contributed by atoms with E-state index in [9.17, 15) is 4.79 Å². The van der Waals surface area contributed by atoms with Gasteiger partial charge in [-0.3, -0.25) is 4.79 Å². The van der Waals surface area contributed by atoms with E-state index in [4.69, 9.17) is 18.9 Å². The number of para-hydroxylation sites is 1. The van der Waals surface area contributed by atoms with Crippen molar-refractivity contribution in [3.05, 3.63) is 95.2 Å². The fourth-order valence-corrected chi connectivity index (χ4v) is 6.34. The van der Waals surface area contributed by atoms with Gasteiger partial charge in [-0.1, -0.05) is 42.5 Å². The van der Waals surface area contributed by atoms with Gasteiger partial charge < -0.3 is 34.1 Å². The average Bonchev–Trinajstić information content (AvgIpc) is 3.90. The standard InChI is InChI=1S/C38H47N3O5/c1-27-24-41(19-18-40-38(42)30-9-10-30)35-22-28(8-15-33(27)35)25-46-37-23-39-17-16-34(37)29-11-13-32(14-12-29)45-21-5-20-44-26-31-6-3-4-7-36(31)43-2/h3-4,6-8,11-15,22,24,30,34,37,39H,5,9-10,16-21,23,25-26H2,1-2H3,(H,40,42). The van der Waals surface area contributed by atoms with Gasteiger partial charge in [-0.25, -0.2) is 0 Å². The van der Waals surface area contributed by atoms with Crippen molar-refractivity contribution >= 4 is 16.8 Å². The van der Waals surface area contributed by atoms with Crippen LogP contribution in [0.15, 0.2) is 72.9 Å². The van der Waals surface area contributed by atoms with Crippen molar-refractivity contribution in [1.29, 1.82) is 0 Å². The normalized spacial score (nSPS) is 18.0. The number of amides is 1. The van der Waals surface area contributed by atoms with Gasteiger partial charge in [0.2, 0.25) is 5.91 Å². The molecule has 244 valence electrons. The fourth-order valence-electron chi connectivity index (χ4n) is 6.34.